The highest BCUT2D eigenvalue weighted by Gasteiger charge is 2.16. The molecule has 0 heterocycles. The number of halogens is 1. The van der Waals surface area contributed by atoms with Crippen LogP contribution in [-0.2, 0) is 4.79 Å². The number of para-hydroxylation sites is 1. The molecule has 1 fully saturated rings. The predicted octanol–water partition coefficient (Wildman–Crippen LogP) is 2.67. The van der Waals surface area contributed by atoms with Crippen LogP contribution in [0.4, 0.5) is 5.69 Å². The first-order chi connectivity index (χ1) is 8.25. The maximum absolute atomic E-state index is 11.6. The average Bonchev–Trinajstić information content (AvgIpc) is 2.25. The smallest absolute Gasteiger partial charge is 0.238 e. The van der Waals surface area contributed by atoms with Gasteiger partial charge in [0.25, 0.3) is 0 Å². The first-order valence-corrected chi connectivity index (χ1v) is 6.38. The Kier molecular flexibility index (Phi) is 4.40. The quantitative estimate of drug-likeness (QED) is 0.846. The minimum absolute atomic E-state index is 0.0441. The molecule has 4 heteroatoms. The van der Waals surface area contributed by atoms with Gasteiger partial charge >= 0.3 is 0 Å². The van der Waals surface area contributed by atoms with Gasteiger partial charge in [-0.15, -0.1) is 0 Å². The molecule has 92 valence electrons. The molecule has 2 rings (SSSR count). The van der Waals surface area contributed by atoms with E-state index in [-0.39, 0.29) is 5.91 Å². The van der Waals surface area contributed by atoms with Crippen molar-refractivity contribution in [1.82, 2.24) is 5.32 Å². The van der Waals surface area contributed by atoms with Crippen molar-refractivity contribution < 1.29 is 4.79 Å². The van der Waals surface area contributed by atoms with Gasteiger partial charge in [-0.2, -0.15) is 0 Å². The summed E-state index contributed by atoms with van der Waals surface area (Å²) < 4.78 is 0. The number of nitrogens with one attached hydrogen (secondary N) is 2. The summed E-state index contributed by atoms with van der Waals surface area (Å²) in [7, 11) is 0. The highest BCUT2D eigenvalue weighted by molar-refractivity contribution is 6.33. The van der Waals surface area contributed by atoms with Gasteiger partial charge in [0.15, 0.2) is 0 Å². The molecule has 1 aromatic rings. The van der Waals surface area contributed by atoms with Gasteiger partial charge in [0.2, 0.25) is 5.91 Å². The molecule has 1 amide bonds. The molecule has 1 aliphatic rings. The molecule has 0 bridgehead atoms. The Morgan fingerprint density at radius 2 is 2.12 bits per heavy atom. The van der Waals surface area contributed by atoms with Gasteiger partial charge in [-0.3, -0.25) is 4.79 Å². The Morgan fingerprint density at radius 3 is 2.76 bits per heavy atom. The molecule has 17 heavy (non-hydrogen) atoms. The van der Waals surface area contributed by atoms with Crippen LogP contribution in [0.25, 0.3) is 0 Å². The third kappa shape index (κ3) is 3.72. The number of carbonyl (C=O) groups excluding carboxylic acids is 1. The zero-order chi connectivity index (χ0) is 12.1. The summed E-state index contributed by atoms with van der Waals surface area (Å²) in [6.07, 6.45) is 3.91. The maximum atomic E-state index is 11.6. The molecule has 0 aromatic heterocycles. The van der Waals surface area contributed by atoms with E-state index in [0.717, 1.165) is 12.5 Å². The molecular weight excluding hydrogens is 236 g/mol. The third-order valence-corrected chi connectivity index (χ3v) is 3.42. The number of amides is 1. The highest BCUT2D eigenvalue weighted by atomic mass is 35.5. The maximum Gasteiger partial charge on any atom is 0.238 e. The third-order valence-electron chi connectivity index (χ3n) is 3.09. The fourth-order valence-corrected chi connectivity index (χ4v) is 2.03. The number of hydrogen-bond donors (Lipinski definition) is 2. The fourth-order valence-electron chi connectivity index (χ4n) is 1.84. The molecule has 1 aromatic carbocycles. The number of carbonyl (C=O) groups is 1. The molecule has 0 saturated heterocycles. The lowest BCUT2D eigenvalue weighted by Crippen LogP contribution is -2.33. The largest absolute Gasteiger partial charge is 0.324 e. The summed E-state index contributed by atoms with van der Waals surface area (Å²) in [5.74, 6) is 0.723. The van der Waals surface area contributed by atoms with E-state index < -0.39 is 0 Å². The molecule has 0 unspecified atom stereocenters. The van der Waals surface area contributed by atoms with E-state index in [0.29, 0.717) is 17.3 Å². The lowest BCUT2D eigenvalue weighted by atomic mass is 9.85. The second kappa shape index (κ2) is 6.03. The molecule has 0 atom stereocenters. The van der Waals surface area contributed by atoms with Gasteiger partial charge in [-0.25, -0.2) is 0 Å². The minimum Gasteiger partial charge on any atom is -0.324 e. The molecular formula is C13H17ClN2O. The summed E-state index contributed by atoms with van der Waals surface area (Å²) in [6.45, 7) is 1.29. The Hall–Kier alpha value is -1.06. The zero-order valence-corrected chi connectivity index (χ0v) is 10.5. The van der Waals surface area contributed by atoms with E-state index in [1.807, 2.05) is 12.1 Å². The van der Waals surface area contributed by atoms with Crippen molar-refractivity contribution in [2.45, 2.75) is 19.3 Å². The Bertz CT molecular complexity index is 391. The van der Waals surface area contributed by atoms with Crippen LogP contribution >= 0.6 is 11.6 Å². The van der Waals surface area contributed by atoms with Crippen molar-refractivity contribution in [1.29, 1.82) is 0 Å². The number of benzene rings is 1. The predicted molar refractivity (Wildman–Crippen MR) is 70.3 cm³/mol. The Labute approximate surface area is 107 Å². The van der Waals surface area contributed by atoms with Crippen molar-refractivity contribution in [3.63, 3.8) is 0 Å². The lowest BCUT2D eigenvalue weighted by molar-refractivity contribution is -0.115. The standard InChI is InChI=1S/C13H17ClN2O/c14-11-6-1-2-7-12(11)16-13(17)9-15-8-10-4-3-5-10/h1-2,6-7,10,15H,3-5,8-9H2,(H,16,17). The van der Waals surface area contributed by atoms with Gasteiger partial charge in [-0.1, -0.05) is 30.2 Å². The van der Waals surface area contributed by atoms with Crippen LogP contribution in [0.3, 0.4) is 0 Å². The lowest BCUT2D eigenvalue weighted by Gasteiger charge is -2.25. The van der Waals surface area contributed by atoms with Crippen LogP contribution in [0, 0.1) is 5.92 Å². The number of hydrogen-bond acceptors (Lipinski definition) is 2. The van der Waals surface area contributed by atoms with Crippen molar-refractivity contribution in [3.8, 4) is 0 Å². The van der Waals surface area contributed by atoms with Crippen LogP contribution < -0.4 is 10.6 Å². The van der Waals surface area contributed by atoms with E-state index in [9.17, 15) is 4.79 Å². The Balaban J connectivity index is 1.71. The van der Waals surface area contributed by atoms with Gasteiger partial charge in [-0.05, 0) is 37.4 Å². The SMILES string of the molecule is O=C(CNCC1CCC1)Nc1ccccc1Cl. The van der Waals surface area contributed by atoms with Crippen LogP contribution in [0.1, 0.15) is 19.3 Å². The summed E-state index contributed by atoms with van der Waals surface area (Å²) in [6, 6.07) is 7.25. The number of rotatable bonds is 5. The summed E-state index contributed by atoms with van der Waals surface area (Å²) in [5, 5.41) is 6.53. The van der Waals surface area contributed by atoms with Gasteiger partial charge < -0.3 is 10.6 Å². The van der Waals surface area contributed by atoms with Crippen molar-refractivity contribution >= 4 is 23.2 Å². The van der Waals surface area contributed by atoms with E-state index in [1.54, 1.807) is 12.1 Å². The summed E-state index contributed by atoms with van der Waals surface area (Å²) in [5.41, 5.74) is 0.671. The first-order valence-electron chi connectivity index (χ1n) is 6.01. The fraction of sp³-hybridized carbons (Fsp3) is 0.462. The molecule has 0 radical (unpaired) electrons. The highest BCUT2D eigenvalue weighted by Crippen LogP contribution is 2.25. The van der Waals surface area contributed by atoms with Crippen LogP contribution in [0.2, 0.25) is 5.02 Å². The topological polar surface area (TPSA) is 41.1 Å². The average molecular weight is 253 g/mol. The zero-order valence-electron chi connectivity index (χ0n) is 9.71. The molecule has 3 nitrogen and oxygen atoms in total. The van der Waals surface area contributed by atoms with E-state index in [4.69, 9.17) is 11.6 Å². The second-order valence-electron chi connectivity index (χ2n) is 4.46. The van der Waals surface area contributed by atoms with Crippen molar-refractivity contribution in [2.75, 3.05) is 18.4 Å². The Morgan fingerprint density at radius 1 is 1.35 bits per heavy atom. The first kappa shape index (κ1) is 12.4. The van der Waals surface area contributed by atoms with Crippen LogP contribution in [0.5, 0.6) is 0 Å². The monoisotopic (exact) mass is 252 g/mol. The summed E-state index contributed by atoms with van der Waals surface area (Å²) in [4.78, 5) is 11.6. The van der Waals surface area contributed by atoms with Gasteiger partial charge in [0, 0.05) is 0 Å². The molecule has 2 N–H and O–H groups in total. The molecule has 0 spiro atoms. The van der Waals surface area contributed by atoms with Crippen molar-refractivity contribution in [3.05, 3.63) is 29.3 Å². The van der Waals surface area contributed by atoms with Crippen molar-refractivity contribution in [2.24, 2.45) is 5.92 Å². The van der Waals surface area contributed by atoms with Crippen LogP contribution in [0.15, 0.2) is 24.3 Å². The second-order valence-corrected chi connectivity index (χ2v) is 4.86. The number of anilines is 1. The normalized spacial score (nSPS) is 15.4. The molecule has 1 saturated carbocycles. The van der Waals surface area contributed by atoms with E-state index >= 15 is 0 Å². The molecule has 0 aliphatic heterocycles. The van der Waals surface area contributed by atoms with Gasteiger partial charge in [0.1, 0.15) is 0 Å². The van der Waals surface area contributed by atoms with Crippen LogP contribution in [-0.4, -0.2) is 19.0 Å². The minimum atomic E-state index is -0.0441. The summed E-state index contributed by atoms with van der Waals surface area (Å²) >= 11 is 5.95. The van der Waals surface area contributed by atoms with E-state index in [2.05, 4.69) is 10.6 Å². The van der Waals surface area contributed by atoms with E-state index in [1.165, 1.54) is 19.3 Å². The molecule has 1 aliphatic carbocycles. The van der Waals surface area contributed by atoms with Gasteiger partial charge in [0.05, 0.1) is 17.3 Å².